The second-order valence-electron chi connectivity index (χ2n) is 3.25. The molecule has 2 rings (SSSR count). The standard InChI is InChI=1S/C11H13N3/c1-3-12-9-4-5-10-11(6-9)13-7-8(2)14-10/h4-7,12H,3H2,1-2H3. The molecule has 3 heteroatoms. The summed E-state index contributed by atoms with van der Waals surface area (Å²) in [6.45, 7) is 4.94. The zero-order chi connectivity index (χ0) is 9.97. The number of aryl methyl sites for hydroxylation is 1. The SMILES string of the molecule is CCNc1ccc2nc(C)cnc2c1. The van der Waals surface area contributed by atoms with Crippen molar-refractivity contribution in [3.8, 4) is 0 Å². The summed E-state index contributed by atoms with van der Waals surface area (Å²) in [5.74, 6) is 0. The molecule has 0 saturated carbocycles. The predicted octanol–water partition coefficient (Wildman–Crippen LogP) is 2.37. The van der Waals surface area contributed by atoms with Crippen molar-refractivity contribution in [3.63, 3.8) is 0 Å². The zero-order valence-corrected chi connectivity index (χ0v) is 8.41. The average Bonchev–Trinajstić information content (AvgIpc) is 2.19. The van der Waals surface area contributed by atoms with Crippen LogP contribution in [0.25, 0.3) is 11.0 Å². The molecular formula is C11H13N3. The molecule has 14 heavy (non-hydrogen) atoms. The lowest BCUT2D eigenvalue weighted by Gasteiger charge is -2.04. The number of hydrogen-bond donors (Lipinski definition) is 1. The van der Waals surface area contributed by atoms with Gasteiger partial charge in [-0.3, -0.25) is 4.98 Å². The van der Waals surface area contributed by atoms with Crippen LogP contribution in [0.4, 0.5) is 5.69 Å². The molecular weight excluding hydrogens is 174 g/mol. The van der Waals surface area contributed by atoms with Gasteiger partial charge in [0, 0.05) is 18.4 Å². The lowest BCUT2D eigenvalue weighted by Crippen LogP contribution is -1.96. The summed E-state index contributed by atoms with van der Waals surface area (Å²) in [5, 5.41) is 3.25. The number of benzene rings is 1. The van der Waals surface area contributed by atoms with Crippen molar-refractivity contribution in [3.05, 3.63) is 30.1 Å². The molecule has 0 bridgehead atoms. The van der Waals surface area contributed by atoms with Crippen LogP contribution in [0, 0.1) is 6.92 Å². The molecule has 0 aliphatic carbocycles. The van der Waals surface area contributed by atoms with Crippen molar-refractivity contribution in [1.82, 2.24) is 9.97 Å². The molecule has 0 radical (unpaired) electrons. The van der Waals surface area contributed by atoms with Gasteiger partial charge in [-0.1, -0.05) is 0 Å². The van der Waals surface area contributed by atoms with E-state index in [1.807, 2.05) is 25.1 Å². The molecule has 1 N–H and O–H groups in total. The van der Waals surface area contributed by atoms with E-state index in [4.69, 9.17) is 0 Å². The molecule has 2 aromatic rings. The third-order valence-electron chi connectivity index (χ3n) is 2.04. The van der Waals surface area contributed by atoms with Gasteiger partial charge in [-0.2, -0.15) is 0 Å². The van der Waals surface area contributed by atoms with Crippen molar-refractivity contribution in [2.75, 3.05) is 11.9 Å². The van der Waals surface area contributed by atoms with Gasteiger partial charge >= 0.3 is 0 Å². The molecule has 72 valence electrons. The van der Waals surface area contributed by atoms with Gasteiger partial charge in [0.05, 0.1) is 16.7 Å². The second kappa shape index (κ2) is 3.62. The molecule has 0 unspecified atom stereocenters. The van der Waals surface area contributed by atoms with Crippen LogP contribution < -0.4 is 5.32 Å². The fraction of sp³-hybridized carbons (Fsp3) is 0.273. The maximum Gasteiger partial charge on any atom is 0.0907 e. The van der Waals surface area contributed by atoms with E-state index < -0.39 is 0 Å². The largest absolute Gasteiger partial charge is 0.385 e. The summed E-state index contributed by atoms with van der Waals surface area (Å²) in [6, 6.07) is 6.04. The summed E-state index contributed by atoms with van der Waals surface area (Å²) in [4.78, 5) is 8.71. The zero-order valence-electron chi connectivity index (χ0n) is 8.41. The summed E-state index contributed by atoms with van der Waals surface area (Å²) < 4.78 is 0. The fourth-order valence-corrected chi connectivity index (χ4v) is 1.42. The Hall–Kier alpha value is -1.64. The smallest absolute Gasteiger partial charge is 0.0907 e. The first-order chi connectivity index (χ1) is 6.79. The minimum atomic E-state index is 0.921. The highest BCUT2D eigenvalue weighted by atomic mass is 14.9. The van der Waals surface area contributed by atoms with Crippen molar-refractivity contribution in [2.45, 2.75) is 13.8 Å². The Bertz CT molecular complexity index is 451. The summed E-state index contributed by atoms with van der Waals surface area (Å²) in [6.07, 6.45) is 1.79. The third-order valence-corrected chi connectivity index (χ3v) is 2.04. The number of aromatic nitrogens is 2. The quantitative estimate of drug-likeness (QED) is 0.784. The summed E-state index contributed by atoms with van der Waals surface area (Å²) in [5.41, 5.74) is 3.94. The number of nitrogens with one attached hydrogen (secondary N) is 1. The van der Waals surface area contributed by atoms with Gasteiger partial charge in [0.15, 0.2) is 0 Å². The van der Waals surface area contributed by atoms with Crippen LogP contribution in [0.15, 0.2) is 24.4 Å². The normalized spacial score (nSPS) is 10.4. The topological polar surface area (TPSA) is 37.8 Å². The first-order valence-electron chi connectivity index (χ1n) is 4.77. The van der Waals surface area contributed by atoms with E-state index in [9.17, 15) is 0 Å². The molecule has 1 aromatic carbocycles. The van der Waals surface area contributed by atoms with Gasteiger partial charge in [-0.05, 0) is 32.0 Å². The predicted molar refractivity (Wildman–Crippen MR) is 58.4 cm³/mol. The molecule has 1 heterocycles. The van der Waals surface area contributed by atoms with E-state index in [0.717, 1.165) is 29.0 Å². The molecule has 0 amide bonds. The van der Waals surface area contributed by atoms with Crippen LogP contribution in [-0.2, 0) is 0 Å². The van der Waals surface area contributed by atoms with Gasteiger partial charge in [0.1, 0.15) is 0 Å². The fourth-order valence-electron chi connectivity index (χ4n) is 1.42. The molecule has 0 fully saturated rings. The number of hydrogen-bond acceptors (Lipinski definition) is 3. The molecule has 1 aromatic heterocycles. The maximum atomic E-state index is 4.39. The van der Waals surface area contributed by atoms with Crippen LogP contribution in [0.5, 0.6) is 0 Å². The minimum Gasteiger partial charge on any atom is -0.385 e. The van der Waals surface area contributed by atoms with Crippen LogP contribution in [0.1, 0.15) is 12.6 Å². The highest BCUT2D eigenvalue weighted by Gasteiger charge is 1.97. The van der Waals surface area contributed by atoms with E-state index in [0.29, 0.717) is 0 Å². The maximum absolute atomic E-state index is 4.39. The Morgan fingerprint density at radius 1 is 1.29 bits per heavy atom. The number of nitrogens with zero attached hydrogens (tertiary/aromatic N) is 2. The van der Waals surface area contributed by atoms with Crippen LogP contribution in [0.3, 0.4) is 0 Å². The first kappa shape index (κ1) is 8.94. The van der Waals surface area contributed by atoms with Crippen molar-refractivity contribution in [2.24, 2.45) is 0 Å². The second-order valence-corrected chi connectivity index (χ2v) is 3.25. The van der Waals surface area contributed by atoms with E-state index in [1.165, 1.54) is 0 Å². The monoisotopic (exact) mass is 187 g/mol. The van der Waals surface area contributed by atoms with E-state index >= 15 is 0 Å². The molecule has 0 spiro atoms. The summed E-state index contributed by atoms with van der Waals surface area (Å²) in [7, 11) is 0. The lowest BCUT2D eigenvalue weighted by atomic mass is 10.2. The number of rotatable bonds is 2. The third kappa shape index (κ3) is 1.66. The van der Waals surface area contributed by atoms with Gasteiger partial charge in [0.2, 0.25) is 0 Å². The molecule has 0 aliphatic heterocycles. The highest BCUT2D eigenvalue weighted by Crippen LogP contribution is 2.15. The van der Waals surface area contributed by atoms with E-state index in [1.54, 1.807) is 6.20 Å². The van der Waals surface area contributed by atoms with Gasteiger partial charge in [0.25, 0.3) is 0 Å². The van der Waals surface area contributed by atoms with Gasteiger partial charge < -0.3 is 5.32 Å². The Balaban J connectivity index is 2.50. The minimum absolute atomic E-state index is 0.921. The summed E-state index contributed by atoms with van der Waals surface area (Å²) >= 11 is 0. The lowest BCUT2D eigenvalue weighted by molar-refractivity contribution is 1.18. The van der Waals surface area contributed by atoms with Crippen LogP contribution >= 0.6 is 0 Å². The van der Waals surface area contributed by atoms with Crippen molar-refractivity contribution in [1.29, 1.82) is 0 Å². The van der Waals surface area contributed by atoms with Crippen molar-refractivity contribution < 1.29 is 0 Å². The Labute approximate surface area is 83.2 Å². The first-order valence-corrected chi connectivity index (χ1v) is 4.77. The molecule has 0 saturated heterocycles. The Kier molecular flexibility index (Phi) is 2.31. The number of fused-ring (bicyclic) bond motifs is 1. The average molecular weight is 187 g/mol. The Morgan fingerprint density at radius 2 is 2.14 bits per heavy atom. The van der Waals surface area contributed by atoms with Crippen LogP contribution in [0.2, 0.25) is 0 Å². The van der Waals surface area contributed by atoms with Gasteiger partial charge in [-0.15, -0.1) is 0 Å². The van der Waals surface area contributed by atoms with Gasteiger partial charge in [-0.25, -0.2) is 4.98 Å². The van der Waals surface area contributed by atoms with Crippen molar-refractivity contribution >= 4 is 16.7 Å². The van der Waals surface area contributed by atoms with E-state index in [-0.39, 0.29) is 0 Å². The molecule has 0 atom stereocenters. The Morgan fingerprint density at radius 3 is 2.93 bits per heavy atom. The van der Waals surface area contributed by atoms with Crippen LogP contribution in [-0.4, -0.2) is 16.5 Å². The van der Waals surface area contributed by atoms with E-state index in [2.05, 4.69) is 22.2 Å². The molecule has 0 aliphatic rings. The highest BCUT2D eigenvalue weighted by molar-refractivity contribution is 5.78. The molecule has 3 nitrogen and oxygen atoms in total. The number of anilines is 1.